The van der Waals surface area contributed by atoms with Crippen LogP contribution in [-0.2, 0) is 9.59 Å². The summed E-state index contributed by atoms with van der Waals surface area (Å²) in [5, 5.41) is 5.21. The van der Waals surface area contributed by atoms with Gasteiger partial charge in [-0.2, -0.15) is 10.1 Å². The molecular weight excluding hydrogens is 388 g/mol. The first-order chi connectivity index (χ1) is 12.0. The molecule has 2 amide bonds. The number of nitrogens with zero attached hydrogens (tertiary/aromatic N) is 2. The Bertz CT molecular complexity index is 790. The van der Waals surface area contributed by atoms with Crippen LogP contribution in [0.15, 0.2) is 33.9 Å². The van der Waals surface area contributed by atoms with E-state index >= 15 is 0 Å². The Kier molecular flexibility index (Phi) is 3.91. The van der Waals surface area contributed by atoms with Gasteiger partial charge in [-0.25, -0.2) is 0 Å². The molecule has 6 nitrogen and oxygen atoms in total. The van der Waals surface area contributed by atoms with Crippen molar-refractivity contribution in [1.29, 1.82) is 0 Å². The number of carbonyl (C=O) groups excluding carboxylic acids is 2. The van der Waals surface area contributed by atoms with E-state index in [4.69, 9.17) is 9.47 Å². The highest BCUT2D eigenvalue weighted by molar-refractivity contribution is 9.10. The second kappa shape index (κ2) is 5.98. The maximum absolute atomic E-state index is 12.6. The van der Waals surface area contributed by atoms with Crippen molar-refractivity contribution in [2.75, 3.05) is 14.2 Å². The van der Waals surface area contributed by atoms with E-state index in [1.165, 1.54) is 6.21 Å². The minimum Gasteiger partial charge on any atom is -0.496 e. The van der Waals surface area contributed by atoms with Crippen molar-refractivity contribution in [2.24, 2.45) is 28.8 Å². The Morgan fingerprint density at radius 3 is 2.24 bits per heavy atom. The number of hydrogen-bond donors (Lipinski definition) is 0. The minimum atomic E-state index is -0.246. The molecule has 4 rings (SSSR count). The van der Waals surface area contributed by atoms with Gasteiger partial charge in [0, 0.05) is 11.6 Å². The molecule has 0 unspecified atom stereocenters. The van der Waals surface area contributed by atoms with Crippen LogP contribution in [0.25, 0.3) is 0 Å². The molecule has 7 heteroatoms. The molecule has 1 aromatic carbocycles. The molecule has 0 N–H and O–H groups in total. The average molecular weight is 405 g/mol. The van der Waals surface area contributed by atoms with Crippen LogP contribution in [-0.4, -0.2) is 37.3 Å². The van der Waals surface area contributed by atoms with Crippen molar-refractivity contribution in [1.82, 2.24) is 5.01 Å². The Morgan fingerprint density at radius 1 is 1.08 bits per heavy atom. The summed E-state index contributed by atoms with van der Waals surface area (Å²) in [5.41, 5.74) is 0.647. The van der Waals surface area contributed by atoms with Gasteiger partial charge >= 0.3 is 0 Å². The number of hydrazone groups is 1. The van der Waals surface area contributed by atoms with Gasteiger partial charge in [-0.1, -0.05) is 12.2 Å². The minimum absolute atomic E-state index is 0.177. The molecule has 0 spiro atoms. The van der Waals surface area contributed by atoms with Crippen molar-refractivity contribution >= 4 is 34.0 Å². The van der Waals surface area contributed by atoms with Crippen molar-refractivity contribution in [3.05, 3.63) is 34.3 Å². The molecule has 130 valence electrons. The average Bonchev–Trinajstić information content (AvgIpc) is 3.28. The summed E-state index contributed by atoms with van der Waals surface area (Å²) in [6.07, 6.45) is 6.51. The lowest BCUT2D eigenvalue weighted by atomic mass is 9.85. The number of rotatable bonds is 4. The van der Waals surface area contributed by atoms with Gasteiger partial charge in [0.2, 0.25) is 0 Å². The molecule has 1 saturated carbocycles. The van der Waals surface area contributed by atoms with Crippen LogP contribution < -0.4 is 9.47 Å². The summed E-state index contributed by atoms with van der Waals surface area (Å²) in [6, 6.07) is 3.50. The second-order valence-corrected chi connectivity index (χ2v) is 7.32. The quantitative estimate of drug-likeness (QED) is 0.439. The van der Waals surface area contributed by atoms with Crippen LogP contribution in [0.1, 0.15) is 12.0 Å². The van der Waals surface area contributed by atoms with Gasteiger partial charge in [-0.15, -0.1) is 0 Å². The van der Waals surface area contributed by atoms with E-state index in [2.05, 4.69) is 33.2 Å². The standard InChI is InChI=1S/C18H17BrN2O4/c1-24-13-7-14(25-2)12(19)6-11(13)8-20-21-17(22)15-9-3-4-10(5-9)16(15)18(21)23/h3-4,6-10,15-16H,5H2,1-2H3/t9-,10-,15-,16+/m0/s1. The highest BCUT2D eigenvalue weighted by Gasteiger charge is 2.59. The number of methoxy groups -OCH3 is 2. The van der Waals surface area contributed by atoms with E-state index in [0.717, 1.165) is 15.9 Å². The first kappa shape index (κ1) is 16.3. The van der Waals surface area contributed by atoms with E-state index in [9.17, 15) is 9.59 Å². The number of ether oxygens (including phenoxy) is 2. The van der Waals surface area contributed by atoms with E-state index in [1.54, 1.807) is 26.4 Å². The molecule has 2 fully saturated rings. The molecule has 2 bridgehead atoms. The summed E-state index contributed by atoms with van der Waals surface area (Å²) in [7, 11) is 3.11. The molecule has 1 aliphatic heterocycles. The fourth-order valence-electron chi connectivity index (χ4n) is 4.10. The van der Waals surface area contributed by atoms with Crippen LogP contribution in [0, 0.1) is 23.7 Å². The zero-order valence-corrected chi connectivity index (χ0v) is 15.4. The third kappa shape index (κ3) is 2.40. The monoisotopic (exact) mass is 404 g/mol. The molecule has 1 heterocycles. The number of benzene rings is 1. The van der Waals surface area contributed by atoms with Gasteiger partial charge in [0.25, 0.3) is 11.8 Å². The van der Waals surface area contributed by atoms with Gasteiger partial charge in [0.1, 0.15) is 11.5 Å². The zero-order chi connectivity index (χ0) is 17.7. The number of fused-ring (bicyclic) bond motifs is 5. The molecule has 1 saturated heterocycles. The van der Waals surface area contributed by atoms with Crippen molar-refractivity contribution < 1.29 is 19.1 Å². The fraction of sp³-hybridized carbons (Fsp3) is 0.389. The normalized spacial score (nSPS) is 29.8. The van der Waals surface area contributed by atoms with Crippen molar-refractivity contribution in [2.45, 2.75) is 6.42 Å². The maximum atomic E-state index is 12.6. The second-order valence-electron chi connectivity index (χ2n) is 6.46. The molecular formula is C18H17BrN2O4. The van der Waals surface area contributed by atoms with Crippen LogP contribution >= 0.6 is 15.9 Å². The molecule has 3 aliphatic rings. The van der Waals surface area contributed by atoms with Gasteiger partial charge < -0.3 is 9.47 Å². The molecule has 2 aliphatic carbocycles. The number of amides is 2. The lowest BCUT2D eigenvalue weighted by Crippen LogP contribution is -2.28. The fourth-order valence-corrected chi connectivity index (χ4v) is 4.63. The molecule has 0 radical (unpaired) electrons. The number of halogens is 1. The summed E-state index contributed by atoms with van der Waals surface area (Å²) in [6.45, 7) is 0. The van der Waals surface area contributed by atoms with Crippen LogP contribution in [0.5, 0.6) is 11.5 Å². The van der Waals surface area contributed by atoms with E-state index in [-0.39, 0.29) is 35.5 Å². The highest BCUT2D eigenvalue weighted by Crippen LogP contribution is 2.52. The van der Waals surface area contributed by atoms with Gasteiger partial charge in [-0.05, 0) is 40.3 Å². The SMILES string of the molecule is COc1cc(OC)c(C=NN2C(=O)[C@@H]3[C@H](C2=O)[C@H]2C=C[C@H]3C2)cc1Br. The van der Waals surface area contributed by atoms with E-state index in [1.807, 2.05) is 0 Å². The smallest absolute Gasteiger partial charge is 0.254 e. The lowest BCUT2D eigenvalue weighted by molar-refractivity contribution is -0.140. The Hall–Kier alpha value is -2.15. The Balaban J connectivity index is 1.62. The number of imide groups is 1. The third-order valence-electron chi connectivity index (χ3n) is 5.26. The lowest BCUT2D eigenvalue weighted by Gasteiger charge is -2.13. The largest absolute Gasteiger partial charge is 0.496 e. The summed E-state index contributed by atoms with van der Waals surface area (Å²) >= 11 is 3.41. The first-order valence-corrected chi connectivity index (χ1v) is 8.86. The van der Waals surface area contributed by atoms with Crippen molar-refractivity contribution in [3.8, 4) is 11.5 Å². The van der Waals surface area contributed by atoms with Gasteiger partial charge in [-0.3, -0.25) is 9.59 Å². The Morgan fingerprint density at radius 2 is 1.68 bits per heavy atom. The first-order valence-electron chi connectivity index (χ1n) is 8.06. The zero-order valence-electron chi connectivity index (χ0n) is 13.8. The van der Waals surface area contributed by atoms with Gasteiger partial charge in [0.05, 0.1) is 36.7 Å². The van der Waals surface area contributed by atoms with E-state index < -0.39 is 0 Å². The summed E-state index contributed by atoms with van der Waals surface area (Å²) < 4.78 is 11.3. The number of hydrogen-bond acceptors (Lipinski definition) is 5. The maximum Gasteiger partial charge on any atom is 0.254 e. The van der Waals surface area contributed by atoms with E-state index in [0.29, 0.717) is 17.1 Å². The highest BCUT2D eigenvalue weighted by atomic mass is 79.9. The van der Waals surface area contributed by atoms with Crippen LogP contribution in [0.3, 0.4) is 0 Å². The molecule has 25 heavy (non-hydrogen) atoms. The van der Waals surface area contributed by atoms with Crippen LogP contribution in [0.4, 0.5) is 0 Å². The predicted octanol–water partition coefficient (Wildman–Crippen LogP) is 2.61. The predicted molar refractivity (Wildman–Crippen MR) is 94.4 cm³/mol. The summed E-state index contributed by atoms with van der Waals surface area (Å²) in [5.74, 6) is 0.634. The van der Waals surface area contributed by atoms with Crippen molar-refractivity contribution in [3.63, 3.8) is 0 Å². The Labute approximate surface area is 153 Å². The molecule has 1 aromatic rings. The van der Waals surface area contributed by atoms with Crippen LogP contribution in [0.2, 0.25) is 0 Å². The third-order valence-corrected chi connectivity index (χ3v) is 5.88. The summed E-state index contributed by atoms with van der Waals surface area (Å²) in [4.78, 5) is 25.3. The topological polar surface area (TPSA) is 68.2 Å². The number of allylic oxidation sites excluding steroid dienone is 2. The molecule has 4 atom stereocenters. The number of carbonyl (C=O) groups is 2. The van der Waals surface area contributed by atoms with Gasteiger partial charge in [0.15, 0.2) is 0 Å². The molecule has 0 aromatic heterocycles.